The Morgan fingerprint density at radius 2 is 1.55 bits per heavy atom. The van der Waals surface area contributed by atoms with Gasteiger partial charge in [0, 0.05) is 32.7 Å². The molecule has 5 nitrogen and oxygen atoms in total. The fourth-order valence-electron chi connectivity index (χ4n) is 4.00. The quantitative estimate of drug-likeness (QED) is 0.600. The number of ether oxygens (including phenoxy) is 3. The summed E-state index contributed by atoms with van der Waals surface area (Å²) in [6.07, 6.45) is 0. The third kappa shape index (κ3) is 5.87. The number of aryl methyl sites for hydroxylation is 3. The van der Waals surface area contributed by atoms with Crippen LogP contribution in [0.2, 0.25) is 0 Å². The van der Waals surface area contributed by atoms with Gasteiger partial charge in [0.2, 0.25) is 0 Å². The first-order valence-electron chi connectivity index (χ1n) is 10.5. The van der Waals surface area contributed by atoms with E-state index in [1.54, 1.807) is 7.11 Å². The fourth-order valence-corrected chi connectivity index (χ4v) is 4.00. The summed E-state index contributed by atoms with van der Waals surface area (Å²) in [5.41, 5.74) is 4.84. The highest BCUT2D eigenvalue weighted by atomic mass is 16.5. The summed E-state index contributed by atoms with van der Waals surface area (Å²) in [6.45, 7) is 13.3. The maximum absolute atomic E-state index is 5.94. The van der Waals surface area contributed by atoms with E-state index >= 15 is 0 Å². The van der Waals surface area contributed by atoms with Crippen LogP contribution in [0.5, 0.6) is 11.5 Å². The van der Waals surface area contributed by atoms with Crippen molar-refractivity contribution in [3.05, 3.63) is 53.1 Å². The van der Waals surface area contributed by atoms with Gasteiger partial charge in [0.05, 0.1) is 26.0 Å². The van der Waals surface area contributed by atoms with Gasteiger partial charge in [-0.25, -0.2) is 0 Å². The molecule has 0 atom stereocenters. The second kappa shape index (κ2) is 10.5. The van der Waals surface area contributed by atoms with Crippen LogP contribution in [-0.4, -0.2) is 64.6 Å². The minimum absolute atomic E-state index is 0.590. The van der Waals surface area contributed by atoms with Crippen LogP contribution >= 0.6 is 0 Å². The predicted molar refractivity (Wildman–Crippen MR) is 119 cm³/mol. The maximum atomic E-state index is 5.94. The highest BCUT2D eigenvalue weighted by molar-refractivity contribution is 5.58. The smallest absolute Gasteiger partial charge is 0.142 e. The number of piperazine rings is 1. The molecule has 3 rings (SSSR count). The molecular weight excluding hydrogens is 364 g/mol. The van der Waals surface area contributed by atoms with E-state index < -0.39 is 0 Å². The van der Waals surface area contributed by atoms with E-state index in [-0.39, 0.29) is 0 Å². The summed E-state index contributed by atoms with van der Waals surface area (Å²) >= 11 is 0. The third-order valence-electron chi connectivity index (χ3n) is 5.43. The summed E-state index contributed by atoms with van der Waals surface area (Å²) < 4.78 is 17.2. The highest BCUT2D eigenvalue weighted by Crippen LogP contribution is 2.28. The normalized spacial score (nSPS) is 14.8. The number of hydrogen-bond acceptors (Lipinski definition) is 5. The molecule has 0 unspecified atom stereocenters. The standard InChI is InChI=1S/C24H34N2O3/c1-19-17-20(2)24(21(3)18-19)29-16-15-28-14-13-25-9-11-26(12-10-25)22-7-5-6-8-23(22)27-4/h5-8,17-18H,9-16H2,1-4H3. The first kappa shape index (κ1) is 21.5. The van der Waals surface area contributed by atoms with E-state index in [1.165, 1.54) is 22.4 Å². The Kier molecular flexibility index (Phi) is 7.78. The van der Waals surface area contributed by atoms with Crippen LogP contribution in [0.15, 0.2) is 36.4 Å². The number of methoxy groups -OCH3 is 1. The largest absolute Gasteiger partial charge is 0.495 e. The van der Waals surface area contributed by atoms with Gasteiger partial charge in [0.15, 0.2) is 0 Å². The zero-order valence-corrected chi connectivity index (χ0v) is 18.2. The Bertz CT molecular complexity index is 762. The first-order valence-corrected chi connectivity index (χ1v) is 10.5. The van der Waals surface area contributed by atoms with Crippen LogP contribution in [0.1, 0.15) is 16.7 Å². The average Bonchev–Trinajstić information content (AvgIpc) is 2.72. The number of hydrogen-bond donors (Lipinski definition) is 0. The second-order valence-corrected chi connectivity index (χ2v) is 7.69. The molecule has 0 aliphatic carbocycles. The van der Waals surface area contributed by atoms with E-state index in [0.29, 0.717) is 13.2 Å². The van der Waals surface area contributed by atoms with Crippen LogP contribution in [-0.2, 0) is 4.74 Å². The van der Waals surface area contributed by atoms with Gasteiger partial charge in [-0.15, -0.1) is 0 Å². The fraction of sp³-hybridized carbons (Fsp3) is 0.500. The van der Waals surface area contributed by atoms with E-state index in [0.717, 1.165) is 50.8 Å². The van der Waals surface area contributed by atoms with Crippen molar-refractivity contribution in [3.8, 4) is 11.5 Å². The molecule has 0 spiro atoms. The van der Waals surface area contributed by atoms with Crippen LogP contribution in [0, 0.1) is 20.8 Å². The van der Waals surface area contributed by atoms with Gasteiger partial charge in [-0.3, -0.25) is 4.90 Å². The molecule has 1 fully saturated rings. The Balaban J connectivity index is 1.32. The van der Waals surface area contributed by atoms with E-state index in [4.69, 9.17) is 14.2 Å². The molecule has 158 valence electrons. The Morgan fingerprint density at radius 1 is 0.862 bits per heavy atom. The van der Waals surface area contributed by atoms with Crippen molar-refractivity contribution >= 4 is 5.69 Å². The van der Waals surface area contributed by atoms with E-state index in [2.05, 4.69) is 54.8 Å². The lowest BCUT2D eigenvalue weighted by Crippen LogP contribution is -2.47. The Hall–Kier alpha value is -2.24. The highest BCUT2D eigenvalue weighted by Gasteiger charge is 2.19. The molecule has 0 radical (unpaired) electrons. The summed E-state index contributed by atoms with van der Waals surface area (Å²) in [4.78, 5) is 4.86. The van der Waals surface area contributed by atoms with Gasteiger partial charge in [0.25, 0.3) is 0 Å². The molecule has 1 aliphatic heterocycles. The lowest BCUT2D eigenvalue weighted by molar-refractivity contribution is 0.0779. The minimum atomic E-state index is 0.590. The third-order valence-corrected chi connectivity index (χ3v) is 5.43. The lowest BCUT2D eigenvalue weighted by atomic mass is 10.1. The molecule has 0 bridgehead atoms. The minimum Gasteiger partial charge on any atom is -0.495 e. The van der Waals surface area contributed by atoms with Crippen molar-refractivity contribution in [1.82, 2.24) is 4.90 Å². The summed E-state index contributed by atoms with van der Waals surface area (Å²) in [7, 11) is 1.73. The van der Waals surface area contributed by atoms with Gasteiger partial charge in [-0.1, -0.05) is 29.8 Å². The van der Waals surface area contributed by atoms with Crippen LogP contribution in [0.25, 0.3) is 0 Å². The van der Waals surface area contributed by atoms with Crippen LogP contribution in [0.4, 0.5) is 5.69 Å². The Labute approximate surface area is 175 Å². The molecule has 0 saturated carbocycles. The van der Waals surface area contributed by atoms with Crippen molar-refractivity contribution < 1.29 is 14.2 Å². The molecule has 0 aromatic heterocycles. The molecule has 2 aromatic carbocycles. The number of rotatable bonds is 9. The lowest BCUT2D eigenvalue weighted by Gasteiger charge is -2.36. The van der Waals surface area contributed by atoms with Crippen molar-refractivity contribution in [1.29, 1.82) is 0 Å². The molecule has 1 heterocycles. The van der Waals surface area contributed by atoms with Gasteiger partial charge in [0.1, 0.15) is 18.1 Å². The molecule has 29 heavy (non-hydrogen) atoms. The van der Waals surface area contributed by atoms with Gasteiger partial charge in [-0.2, -0.15) is 0 Å². The number of para-hydroxylation sites is 2. The Morgan fingerprint density at radius 3 is 2.24 bits per heavy atom. The molecule has 1 aliphatic rings. The van der Waals surface area contributed by atoms with Gasteiger partial charge < -0.3 is 19.1 Å². The zero-order chi connectivity index (χ0) is 20.6. The summed E-state index contributed by atoms with van der Waals surface area (Å²) in [5.74, 6) is 1.94. The number of benzene rings is 2. The topological polar surface area (TPSA) is 34.2 Å². The van der Waals surface area contributed by atoms with Crippen LogP contribution < -0.4 is 14.4 Å². The van der Waals surface area contributed by atoms with Gasteiger partial charge in [-0.05, 0) is 44.0 Å². The first-order chi connectivity index (χ1) is 14.1. The zero-order valence-electron chi connectivity index (χ0n) is 18.2. The van der Waals surface area contributed by atoms with Gasteiger partial charge >= 0.3 is 0 Å². The maximum Gasteiger partial charge on any atom is 0.142 e. The molecule has 0 amide bonds. The molecule has 2 aromatic rings. The SMILES string of the molecule is COc1ccccc1N1CCN(CCOCCOc2c(C)cc(C)cc2C)CC1. The van der Waals surface area contributed by atoms with E-state index in [9.17, 15) is 0 Å². The summed E-state index contributed by atoms with van der Waals surface area (Å²) in [6, 6.07) is 12.6. The average molecular weight is 399 g/mol. The summed E-state index contributed by atoms with van der Waals surface area (Å²) in [5, 5.41) is 0. The molecule has 0 N–H and O–H groups in total. The van der Waals surface area contributed by atoms with Crippen LogP contribution in [0.3, 0.4) is 0 Å². The van der Waals surface area contributed by atoms with E-state index in [1.807, 2.05) is 12.1 Å². The van der Waals surface area contributed by atoms with Crippen molar-refractivity contribution in [2.24, 2.45) is 0 Å². The number of nitrogens with zero attached hydrogens (tertiary/aromatic N) is 2. The van der Waals surface area contributed by atoms with Crippen molar-refractivity contribution in [2.45, 2.75) is 20.8 Å². The molecule has 1 saturated heterocycles. The monoisotopic (exact) mass is 398 g/mol. The second-order valence-electron chi connectivity index (χ2n) is 7.69. The predicted octanol–water partition coefficient (Wildman–Crippen LogP) is 3.84. The van der Waals surface area contributed by atoms with Crippen molar-refractivity contribution in [3.63, 3.8) is 0 Å². The number of anilines is 1. The van der Waals surface area contributed by atoms with Crippen molar-refractivity contribution in [2.75, 3.05) is 64.6 Å². The molecular formula is C24H34N2O3. The molecule has 5 heteroatoms.